The van der Waals surface area contributed by atoms with Gasteiger partial charge in [0.25, 0.3) is 0 Å². The van der Waals surface area contributed by atoms with Crippen LogP contribution in [0.15, 0.2) is 27.7 Å². The molecule has 1 aliphatic rings. The van der Waals surface area contributed by atoms with Gasteiger partial charge in [0.05, 0.1) is 0 Å². The second kappa shape index (κ2) is 9.25. The molecule has 1 aromatic carbocycles. The summed E-state index contributed by atoms with van der Waals surface area (Å²) in [5, 5.41) is 10.6. The number of rotatable bonds is 8. The van der Waals surface area contributed by atoms with E-state index in [0.29, 0.717) is 12.7 Å². The Kier molecular flexibility index (Phi) is 6.51. The van der Waals surface area contributed by atoms with Crippen molar-refractivity contribution >= 4 is 5.96 Å². The van der Waals surface area contributed by atoms with E-state index in [-0.39, 0.29) is 5.92 Å². The Labute approximate surface area is 159 Å². The summed E-state index contributed by atoms with van der Waals surface area (Å²) < 4.78 is 16.0. The molecule has 146 valence electrons. The van der Waals surface area contributed by atoms with E-state index >= 15 is 0 Å². The molecule has 0 saturated carbocycles. The first-order valence-electron chi connectivity index (χ1n) is 9.31. The van der Waals surface area contributed by atoms with Gasteiger partial charge >= 0.3 is 0 Å². The van der Waals surface area contributed by atoms with Gasteiger partial charge < -0.3 is 24.6 Å². The van der Waals surface area contributed by atoms with E-state index in [1.165, 1.54) is 5.56 Å². The van der Waals surface area contributed by atoms with Crippen molar-refractivity contribution in [3.05, 3.63) is 35.5 Å². The lowest BCUT2D eigenvalue weighted by atomic mass is 10.1. The minimum absolute atomic E-state index is 0.286. The molecular weight excluding hydrogens is 346 g/mol. The van der Waals surface area contributed by atoms with Crippen LogP contribution in [0.3, 0.4) is 0 Å². The van der Waals surface area contributed by atoms with Crippen molar-refractivity contribution in [1.29, 1.82) is 0 Å². The number of guanidine groups is 1. The molecule has 0 bridgehead atoms. The number of aromatic nitrogens is 2. The lowest BCUT2D eigenvalue weighted by Crippen LogP contribution is -2.38. The summed E-state index contributed by atoms with van der Waals surface area (Å²) in [5.74, 6) is 4.14. The van der Waals surface area contributed by atoms with Gasteiger partial charge in [0.15, 0.2) is 23.3 Å². The Morgan fingerprint density at radius 3 is 2.74 bits per heavy atom. The predicted molar refractivity (Wildman–Crippen MR) is 102 cm³/mol. The summed E-state index contributed by atoms with van der Waals surface area (Å²) >= 11 is 0. The molecule has 0 unspecified atom stereocenters. The average Bonchev–Trinajstić information content (AvgIpc) is 3.32. The monoisotopic (exact) mass is 373 g/mol. The van der Waals surface area contributed by atoms with E-state index in [4.69, 9.17) is 14.0 Å². The molecule has 0 fully saturated rings. The fraction of sp³-hybridized carbons (Fsp3) is 0.526. The molecule has 0 aliphatic carbocycles. The minimum Gasteiger partial charge on any atom is -0.454 e. The van der Waals surface area contributed by atoms with E-state index in [1.807, 2.05) is 12.1 Å². The van der Waals surface area contributed by atoms with Gasteiger partial charge in [0, 0.05) is 32.5 Å². The molecule has 27 heavy (non-hydrogen) atoms. The highest BCUT2D eigenvalue weighted by Gasteiger charge is 2.13. The maximum atomic E-state index is 5.41. The van der Waals surface area contributed by atoms with Crippen molar-refractivity contribution in [2.24, 2.45) is 4.99 Å². The molecule has 2 aromatic rings. The van der Waals surface area contributed by atoms with Gasteiger partial charge in [-0.2, -0.15) is 4.98 Å². The van der Waals surface area contributed by atoms with E-state index in [9.17, 15) is 0 Å². The highest BCUT2D eigenvalue weighted by Crippen LogP contribution is 2.32. The van der Waals surface area contributed by atoms with Crippen LogP contribution >= 0.6 is 0 Å². The Morgan fingerprint density at radius 2 is 1.96 bits per heavy atom. The van der Waals surface area contributed by atoms with Crippen molar-refractivity contribution in [1.82, 2.24) is 20.8 Å². The van der Waals surface area contributed by atoms with Gasteiger partial charge in [-0.3, -0.25) is 4.99 Å². The van der Waals surface area contributed by atoms with Crippen LogP contribution in [0.1, 0.15) is 43.5 Å². The average molecular weight is 373 g/mol. The quantitative estimate of drug-likeness (QED) is 0.416. The molecule has 0 atom stereocenters. The summed E-state index contributed by atoms with van der Waals surface area (Å²) in [6, 6.07) is 6.03. The molecule has 0 amide bonds. The summed E-state index contributed by atoms with van der Waals surface area (Å²) in [4.78, 5) is 8.63. The van der Waals surface area contributed by atoms with Crippen LogP contribution in [0.2, 0.25) is 0 Å². The number of nitrogens with zero attached hydrogens (tertiary/aromatic N) is 3. The van der Waals surface area contributed by atoms with E-state index < -0.39 is 0 Å². The summed E-state index contributed by atoms with van der Waals surface area (Å²) in [5.41, 5.74) is 1.19. The third-order valence-electron chi connectivity index (χ3n) is 4.23. The zero-order chi connectivity index (χ0) is 19.1. The van der Waals surface area contributed by atoms with E-state index in [2.05, 4.69) is 45.7 Å². The molecule has 8 nitrogen and oxygen atoms in total. The lowest BCUT2D eigenvalue weighted by Gasteiger charge is -2.11. The Morgan fingerprint density at radius 1 is 1.15 bits per heavy atom. The maximum absolute atomic E-state index is 5.41. The normalized spacial score (nSPS) is 13.3. The Balaban J connectivity index is 1.34. The second-order valence-electron chi connectivity index (χ2n) is 6.67. The van der Waals surface area contributed by atoms with Crippen LogP contribution in [0, 0.1) is 0 Å². The van der Waals surface area contributed by atoms with Gasteiger partial charge in [0.2, 0.25) is 12.7 Å². The van der Waals surface area contributed by atoms with Gasteiger partial charge in [-0.05, 0) is 30.5 Å². The molecule has 3 rings (SSSR count). The number of hydrogen-bond donors (Lipinski definition) is 2. The standard InChI is InChI=1S/C19H27N5O3/c1-13(2)18-23-17(27-24-18)5-4-9-21-19(20-3)22-10-8-14-6-7-15-16(11-14)26-12-25-15/h6-7,11,13H,4-5,8-10,12H2,1-3H3,(H2,20,21,22). The van der Waals surface area contributed by atoms with Gasteiger partial charge in [0.1, 0.15) is 0 Å². The van der Waals surface area contributed by atoms with Crippen molar-refractivity contribution in [3.8, 4) is 11.5 Å². The zero-order valence-electron chi connectivity index (χ0n) is 16.1. The minimum atomic E-state index is 0.286. The molecule has 0 saturated heterocycles. The van der Waals surface area contributed by atoms with Crippen LogP contribution in [-0.4, -0.2) is 43.0 Å². The highest BCUT2D eigenvalue weighted by atomic mass is 16.7. The molecule has 1 aliphatic heterocycles. The lowest BCUT2D eigenvalue weighted by molar-refractivity contribution is 0.174. The van der Waals surface area contributed by atoms with Gasteiger partial charge in [-0.1, -0.05) is 25.1 Å². The van der Waals surface area contributed by atoms with Crippen molar-refractivity contribution in [2.45, 2.75) is 39.0 Å². The fourth-order valence-electron chi connectivity index (χ4n) is 2.69. The van der Waals surface area contributed by atoms with Crippen molar-refractivity contribution in [3.63, 3.8) is 0 Å². The molecule has 1 aromatic heterocycles. The molecule has 0 spiro atoms. The molecule has 2 N–H and O–H groups in total. The zero-order valence-corrected chi connectivity index (χ0v) is 16.1. The van der Waals surface area contributed by atoms with Crippen LogP contribution in [0.25, 0.3) is 0 Å². The molecule has 0 radical (unpaired) electrons. The number of aryl methyl sites for hydroxylation is 1. The largest absolute Gasteiger partial charge is 0.454 e. The second-order valence-corrected chi connectivity index (χ2v) is 6.67. The van der Waals surface area contributed by atoms with E-state index in [0.717, 1.165) is 55.6 Å². The number of benzene rings is 1. The summed E-state index contributed by atoms with van der Waals surface area (Å²) in [6.45, 7) is 5.96. The molecule has 8 heteroatoms. The number of ether oxygens (including phenoxy) is 2. The predicted octanol–water partition coefficient (Wildman–Crippen LogP) is 2.26. The first-order chi connectivity index (χ1) is 13.2. The summed E-state index contributed by atoms with van der Waals surface area (Å²) in [7, 11) is 1.77. The number of nitrogens with one attached hydrogen (secondary N) is 2. The first kappa shape index (κ1) is 19.0. The van der Waals surface area contributed by atoms with Crippen molar-refractivity contribution < 1.29 is 14.0 Å². The van der Waals surface area contributed by atoms with Crippen LogP contribution in [-0.2, 0) is 12.8 Å². The molecule has 2 heterocycles. The van der Waals surface area contributed by atoms with Gasteiger partial charge in [-0.25, -0.2) is 0 Å². The maximum Gasteiger partial charge on any atom is 0.231 e. The Bertz CT molecular complexity index is 772. The number of fused-ring (bicyclic) bond motifs is 1. The smallest absolute Gasteiger partial charge is 0.231 e. The fourth-order valence-corrected chi connectivity index (χ4v) is 2.69. The van der Waals surface area contributed by atoms with Crippen LogP contribution in [0.5, 0.6) is 11.5 Å². The van der Waals surface area contributed by atoms with E-state index in [1.54, 1.807) is 7.05 Å². The molecular formula is C19H27N5O3. The third kappa shape index (κ3) is 5.35. The Hall–Kier alpha value is -2.77. The summed E-state index contributed by atoms with van der Waals surface area (Å²) in [6.07, 6.45) is 2.51. The highest BCUT2D eigenvalue weighted by molar-refractivity contribution is 5.79. The topological polar surface area (TPSA) is 93.8 Å². The SMILES string of the molecule is CN=C(NCCCc1nc(C(C)C)no1)NCCc1ccc2c(c1)OCO2. The van der Waals surface area contributed by atoms with Crippen molar-refractivity contribution in [2.75, 3.05) is 26.9 Å². The van der Waals surface area contributed by atoms with Gasteiger partial charge in [-0.15, -0.1) is 0 Å². The van der Waals surface area contributed by atoms with Crippen LogP contribution < -0.4 is 20.1 Å². The van der Waals surface area contributed by atoms with Crippen LogP contribution in [0.4, 0.5) is 0 Å². The number of aliphatic imine (C=N–C) groups is 1. The third-order valence-corrected chi connectivity index (χ3v) is 4.23. The first-order valence-corrected chi connectivity index (χ1v) is 9.31. The number of hydrogen-bond acceptors (Lipinski definition) is 6.